The highest BCUT2D eigenvalue weighted by atomic mass is 19.4. The molecule has 9 heteroatoms. The van der Waals surface area contributed by atoms with Gasteiger partial charge in [-0.05, 0) is 17.7 Å². The van der Waals surface area contributed by atoms with E-state index in [1.54, 1.807) is 0 Å². The number of aromatic nitrogens is 2. The molecule has 5 nitrogen and oxygen atoms in total. The number of benzene rings is 1. The molecule has 1 aromatic carbocycles. The van der Waals surface area contributed by atoms with E-state index in [4.69, 9.17) is 0 Å². The summed E-state index contributed by atoms with van der Waals surface area (Å²) >= 11 is 0. The van der Waals surface area contributed by atoms with Crippen LogP contribution in [0.3, 0.4) is 0 Å². The Balaban J connectivity index is 2.05. The van der Waals surface area contributed by atoms with Crippen molar-refractivity contribution in [2.45, 2.75) is 24.7 Å². The first-order chi connectivity index (χ1) is 10.8. The molecule has 2 heterocycles. The van der Waals surface area contributed by atoms with E-state index in [0.29, 0.717) is 10.2 Å². The number of hydrogen-bond donors (Lipinski definition) is 1. The van der Waals surface area contributed by atoms with Crippen molar-refractivity contribution >= 4 is 11.8 Å². The standard InChI is InChI=1S/C14H11F4N3O2/c15-8-3-1-7(2-4-8)10-5-11(14(16,17)18)21-12(20-10)9(6-19-21)13(22)23/h1-4,6,10-11,20H,5H2,(H,22,23)/p-1/t10-,11+/m1/s1. The Hall–Kier alpha value is -2.58. The second-order valence-electron chi connectivity index (χ2n) is 5.18. The molecule has 0 aliphatic carbocycles. The van der Waals surface area contributed by atoms with Gasteiger partial charge in [0.25, 0.3) is 0 Å². The van der Waals surface area contributed by atoms with Crippen LogP contribution in [0.5, 0.6) is 0 Å². The van der Waals surface area contributed by atoms with Gasteiger partial charge in [0.1, 0.15) is 11.6 Å². The van der Waals surface area contributed by atoms with E-state index in [-0.39, 0.29) is 5.82 Å². The SMILES string of the molecule is O=C([O-])c1cnn2c1N[C@@H](c1ccc(F)cc1)C[C@H]2C(F)(F)F. The Morgan fingerprint density at radius 2 is 1.96 bits per heavy atom. The normalized spacial score (nSPS) is 20.7. The van der Waals surface area contributed by atoms with Crippen molar-refractivity contribution in [2.24, 2.45) is 0 Å². The fraction of sp³-hybridized carbons (Fsp3) is 0.286. The van der Waals surface area contributed by atoms with Gasteiger partial charge < -0.3 is 15.2 Å². The van der Waals surface area contributed by atoms with Crippen LogP contribution in [0, 0.1) is 5.82 Å². The van der Waals surface area contributed by atoms with Crippen molar-refractivity contribution in [3.8, 4) is 0 Å². The number of aromatic carboxylic acids is 1. The van der Waals surface area contributed by atoms with Crippen LogP contribution in [0.2, 0.25) is 0 Å². The molecule has 2 atom stereocenters. The fourth-order valence-corrected chi connectivity index (χ4v) is 2.63. The second kappa shape index (κ2) is 5.25. The molecule has 0 spiro atoms. The van der Waals surface area contributed by atoms with Crippen molar-refractivity contribution in [1.82, 2.24) is 9.78 Å². The van der Waals surface area contributed by atoms with Crippen LogP contribution < -0.4 is 10.4 Å². The highest BCUT2D eigenvalue weighted by molar-refractivity contribution is 5.91. The van der Waals surface area contributed by atoms with Crippen molar-refractivity contribution < 1.29 is 27.5 Å². The quantitative estimate of drug-likeness (QED) is 0.857. The highest BCUT2D eigenvalue weighted by Gasteiger charge is 2.46. The van der Waals surface area contributed by atoms with E-state index in [0.717, 1.165) is 18.3 Å². The third kappa shape index (κ3) is 2.73. The zero-order chi connectivity index (χ0) is 16.8. The number of carbonyl (C=O) groups is 1. The summed E-state index contributed by atoms with van der Waals surface area (Å²) < 4.78 is 53.4. The molecule has 0 fully saturated rings. The van der Waals surface area contributed by atoms with Gasteiger partial charge in [0.05, 0.1) is 23.8 Å². The van der Waals surface area contributed by atoms with Crippen LogP contribution in [0.1, 0.15) is 34.4 Å². The molecule has 1 aromatic heterocycles. The summed E-state index contributed by atoms with van der Waals surface area (Å²) in [5.41, 5.74) is -0.0385. The Labute approximate surface area is 127 Å². The minimum atomic E-state index is -4.61. The number of hydrogen-bond acceptors (Lipinski definition) is 4. The molecule has 0 saturated carbocycles. The smallest absolute Gasteiger partial charge is 0.410 e. The maximum Gasteiger partial charge on any atom is 0.410 e. The van der Waals surface area contributed by atoms with E-state index < -0.39 is 42.0 Å². The van der Waals surface area contributed by atoms with Crippen LogP contribution in [0.25, 0.3) is 0 Å². The van der Waals surface area contributed by atoms with Gasteiger partial charge in [0.2, 0.25) is 0 Å². The predicted molar refractivity (Wildman–Crippen MR) is 69.0 cm³/mol. The Morgan fingerprint density at radius 3 is 2.52 bits per heavy atom. The summed E-state index contributed by atoms with van der Waals surface area (Å²) in [4.78, 5) is 11.0. The number of rotatable bonds is 2. The van der Waals surface area contributed by atoms with E-state index in [1.165, 1.54) is 12.1 Å². The average molecular weight is 328 g/mol. The molecule has 0 bridgehead atoms. The zero-order valence-electron chi connectivity index (χ0n) is 11.5. The van der Waals surface area contributed by atoms with Crippen molar-refractivity contribution in [3.63, 3.8) is 0 Å². The lowest BCUT2D eigenvalue weighted by Gasteiger charge is -2.34. The van der Waals surface area contributed by atoms with E-state index >= 15 is 0 Å². The van der Waals surface area contributed by atoms with Gasteiger partial charge in [-0.3, -0.25) is 0 Å². The van der Waals surface area contributed by atoms with Gasteiger partial charge >= 0.3 is 6.18 Å². The summed E-state index contributed by atoms with van der Waals surface area (Å²) in [5.74, 6) is -2.41. The topological polar surface area (TPSA) is 70.0 Å². The summed E-state index contributed by atoms with van der Waals surface area (Å²) in [7, 11) is 0. The Morgan fingerprint density at radius 1 is 1.30 bits per heavy atom. The monoisotopic (exact) mass is 328 g/mol. The van der Waals surface area contributed by atoms with Gasteiger partial charge in [-0.25, -0.2) is 9.07 Å². The average Bonchev–Trinajstić information content (AvgIpc) is 2.89. The molecule has 1 N–H and O–H groups in total. The lowest BCUT2D eigenvalue weighted by molar-refractivity contribution is -0.255. The number of carboxylic acid groups (broad SMARTS) is 1. The molecule has 0 saturated heterocycles. The third-order valence-electron chi connectivity index (χ3n) is 3.73. The predicted octanol–water partition coefficient (Wildman–Crippen LogP) is 2.05. The zero-order valence-corrected chi connectivity index (χ0v) is 11.5. The molecule has 1 aliphatic heterocycles. The number of nitrogens with zero attached hydrogens (tertiary/aromatic N) is 2. The van der Waals surface area contributed by atoms with E-state index in [2.05, 4.69) is 10.4 Å². The number of carboxylic acids is 1. The summed E-state index contributed by atoms with van der Waals surface area (Å²) in [5, 5.41) is 17.3. The number of nitrogens with one attached hydrogen (secondary N) is 1. The molecule has 1 aliphatic rings. The van der Waals surface area contributed by atoms with Crippen LogP contribution in [-0.4, -0.2) is 21.9 Å². The molecule has 23 heavy (non-hydrogen) atoms. The molecule has 0 radical (unpaired) electrons. The van der Waals surface area contributed by atoms with E-state index in [1.807, 2.05) is 0 Å². The third-order valence-corrected chi connectivity index (χ3v) is 3.73. The summed E-state index contributed by atoms with van der Waals surface area (Å²) in [6, 6.07) is 2.15. The summed E-state index contributed by atoms with van der Waals surface area (Å²) in [6.07, 6.45) is -4.18. The van der Waals surface area contributed by atoms with E-state index in [9.17, 15) is 27.5 Å². The Kier molecular flexibility index (Phi) is 3.50. The first-order valence-electron chi connectivity index (χ1n) is 6.65. The lowest BCUT2D eigenvalue weighted by Crippen LogP contribution is -2.36. The fourth-order valence-electron chi connectivity index (χ4n) is 2.63. The summed E-state index contributed by atoms with van der Waals surface area (Å²) in [6.45, 7) is 0. The van der Waals surface area contributed by atoms with Gasteiger partial charge in [0.15, 0.2) is 6.04 Å². The van der Waals surface area contributed by atoms with Crippen LogP contribution in [0.4, 0.5) is 23.4 Å². The number of carbonyl (C=O) groups excluding carboxylic acids is 1. The van der Waals surface area contributed by atoms with Gasteiger partial charge in [0, 0.05) is 6.42 Å². The number of fused-ring (bicyclic) bond motifs is 1. The molecule has 0 amide bonds. The van der Waals surface area contributed by atoms with Crippen LogP contribution in [0.15, 0.2) is 30.5 Å². The van der Waals surface area contributed by atoms with Gasteiger partial charge in [-0.1, -0.05) is 12.1 Å². The Bertz CT molecular complexity index is 739. The molecular weight excluding hydrogens is 318 g/mol. The first-order valence-corrected chi connectivity index (χ1v) is 6.65. The van der Waals surface area contributed by atoms with Crippen molar-refractivity contribution in [3.05, 3.63) is 47.4 Å². The molecule has 0 unspecified atom stereocenters. The maximum absolute atomic E-state index is 13.3. The van der Waals surface area contributed by atoms with Crippen molar-refractivity contribution in [2.75, 3.05) is 5.32 Å². The largest absolute Gasteiger partial charge is 0.545 e. The number of anilines is 1. The van der Waals surface area contributed by atoms with Crippen LogP contribution in [-0.2, 0) is 0 Å². The highest BCUT2D eigenvalue weighted by Crippen LogP contribution is 2.44. The molecular formula is C14H10F4N3O2-. The molecule has 3 rings (SSSR count). The molecule has 2 aromatic rings. The lowest BCUT2D eigenvalue weighted by atomic mass is 9.96. The first kappa shape index (κ1) is 15.3. The maximum atomic E-state index is 13.3. The van der Waals surface area contributed by atoms with Gasteiger partial charge in [-0.15, -0.1) is 0 Å². The number of halogens is 4. The number of alkyl halides is 3. The molecule has 122 valence electrons. The minimum Gasteiger partial charge on any atom is -0.545 e. The minimum absolute atomic E-state index is 0.270. The van der Waals surface area contributed by atoms with Crippen molar-refractivity contribution in [1.29, 1.82) is 0 Å². The second-order valence-corrected chi connectivity index (χ2v) is 5.18. The van der Waals surface area contributed by atoms with Crippen LogP contribution >= 0.6 is 0 Å². The van der Waals surface area contributed by atoms with Gasteiger partial charge in [-0.2, -0.15) is 18.3 Å².